The Balaban J connectivity index is 1.40. The van der Waals surface area contributed by atoms with Crippen LogP contribution in [0.25, 0.3) is 0 Å². The van der Waals surface area contributed by atoms with E-state index in [-0.39, 0.29) is 18.2 Å². The molecule has 0 fully saturated rings. The molecule has 1 aromatic heterocycles. The molecule has 0 saturated carbocycles. The van der Waals surface area contributed by atoms with E-state index in [0.717, 1.165) is 23.4 Å². The highest BCUT2D eigenvalue weighted by atomic mass is 16.5. The van der Waals surface area contributed by atoms with E-state index in [9.17, 15) is 14.7 Å². The summed E-state index contributed by atoms with van der Waals surface area (Å²) in [5.41, 5.74) is 0.320. The molecular formula is C22H26N4O5. The quantitative estimate of drug-likeness (QED) is 0.685. The molecule has 9 nitrogen and oxygen atoms in total. The largest absolute Gasteiger partial charge is 0.501 e. The van der Waals surface area contributed by atoms with E-state index in [1.807, 2.05) is 24.4 Å². The van der Waals surface area contributed by atoms with Crippen LogP contribution in [0.5, 0.6) is 11.5 Å². The molecule has 2 aromatic rings. The van der Waals surface area contributed by atoms with Gasteiger partial charge in [0.2, 0.25) is 5.75 Å². The lowest BCUT2D eigenvalue weighted by Crippen LogP contribution is -2.42. The van der Waals surface area contributed by atoms with E-state index in [2.05, 4.69) is 15.3 Å². The lowest BCUT2D eigenvalue weighted by molar-refractivity contribution is -0.0566. The van der Waals surface area contributed by atoms with Gasteiger partial charge in [-0.05, 0) is 50.5 Å². The summed E-state index contributed by atoms with van der Waals surface area (Å²) in [5.74, 6) is 0.0541. The summed E-state index contributed by atoms with van der Waals surface area (Å²) in [6, 6.07) is 5.80. The maximum Gasteiger partial charge on any atom is 0.296 e. The third-order valence-electron chi connectivity index (χ3n) is 5.68. The maximum atomic E-state index is 12.6. The third kappa shape index (κ3) is 3.93. The van der Waals surface area contributed by atoms with Crippen LogP contribution in [0.15, 0.2) is 28.0 Å². The number of nitrogens with one attached hydrogen (secondary N) is 1. The van der Waals surface area contributed by atoms with Crippen LogP contribution in [0.3, 0.4) is 0 Å². The second-order valence-corrected chi connectivity index (χ2v) is 8.16. The average molecular weight is 426 g/mol. The number of amides is 1. The molecule has 9 heteroatoms. The number of methoxy groups -OCH3 is 1. The molecule has 31 heavy (non-hydrogen) atoms. The molecule has 1 amide bonds. The van der Waals surface area contributed by atoms with Gasteiger partial charge in [-0.2, -0.15) is 0 Å². The van der Waals surface area contributed by atoms with E-state index in [4.69, 9.17) is 9.47 Å². The molecule has 0 radical (unpaired) electrons. The number of fused-ring (bicyclic) bond motifs is 2. The molecule has 0 aliphatic carbocycles. The van der Waals surface area contributed by atoms with Crippen LogP contribution >= 0.6 is 0 Å². The number of ether oxygens (including phenoxy) is 2. The van der Waals surface area contributed by atoms with E-state index in [1.165, 1.54) is 4.57 Å². The number of nitrogens with zero attached hydrogens (tertiary/aromatic N) is 3. The molecule has 1 aromatic carbocycles. The highest BCUT2D eigenvalue weighted by Gasteiger charge is 2.34. The first-order valence-corrected chi connectivity index (χ1v) is 10.3. The zero-order valence-corrected chi connectivity index (χ0v) is 17.8. The fourth-order valence-corrected chi connectivity index (χ4v) is 3.99. The Bertz CT molecular complexity index is 1110. The number of aromatic nitrogens is 2. The minimum atomic E-state index is -0.823. The summed E-state index contributed by atoms with van der Waals surface area (Å²) in [6.45, 7) is 4.56. The second kappa shape index (κ2) is 8.14. The number of aliphatic imine (C=N–C) groups is 1. The summed E-state index contributed by atoms with van der Waals surface area (Å²) in [5, 5.41) is 13.0. The van der Waals surface area contributed by atoms with Crippen molar-refractivity contribution in [3.8, 4) is 11.5 Å². The smallest absolute Gasteiger partial charge is 0.296 e. The summed E-state index contributed by atoms with van der Waals surface area (Å²) in [7, 11) is 1.63. The number of aromatic hydroxyl groups is 1. The minimum Gasteiger partial charge on any atom is -0.501 e. The zero-order chi connectivity index (χ0) is 22.2. The highest BCUT2D eigenvalue weighted by molar-refractivity contribution is 5.94. The predicted octanol–water partition coefficient (Wildman–Crippen LogP) is 2.23. The van der Waals surface area contributed by atoms with E-state index in [1.54, 1.807) is 21.0 Å². The van der Waals surface area contributed by atoms with Crippen LogP contribution in [0.2, 0.25) is 0 Å². The van der Waals surface area contributed by atoms with Gasteiger partial charge in [0.1, 0.15) is 17.2 Å². The summed E-state index contributed by atoms with van der Waals surface area (Å²) < 4.78 is 12.3. The van der Waals surface area contributed by atoms with Crippen molar-refractivity contribution < 1.29 is 19.4 Å². The number of hydrogen-bond donors (Lipinski definition) is 2. The Kier molecular flexibility index (Phi) is 5.53. The first-order valence-electron chi connectivity index (χ1n) is 10.3. The molecule has 1 atom stereocenters. The van der Waals surface area contributed by atoms with Gasteiger partial charge in [-0.1, -0.05) is 0 Å². The fraction of sp³-hybridized carbons (Fsp3) is 0.455. The first-order chi connectivity index (χ1) is 14.8. The molecule has 1 unspecified atom stereocenters. The molecule has 3 heterocycles. The van der Waals surface area contributed by atoms with Gasteiger partial charge in [-0.15, -0.1) is 0 Å². The monoisotopic (exact) mass is 426 g/mol. The standard InChI is InChI=1S/C22H26N4O5/c1-22(2)21-25-17(18(27)20(29)26(21)9-10-31-22)19(28)23-8-4-5-13-12-24-16-7-6-14(30-3)11-15(13)16/h6-7,11-13,27H,4-5,8-10H2,1-3H3,(H,23,28). The average Bonchev–Trinajstić information content (AvgIpc) is 3.15. The molecule has 4 rings (SSSR count). The minimum absolute atomic E-state index is 0.153. The normalized spacial score (nSPS) is 18.4. The summed E-state index contributed by atoms with van der Waals surface area (Å²) in [4.78, 5) is 33.8. The zero-order valence-electron chi connectivity index (χ0n) is 17.8. The molecule has 0 bridgehead atoms. The molecule has 164 valence electrons. The summed E-state index contributed by atoms with van der Waals surface area (Å²) >= 11 is 0. The Hall–Kier alpha value is -3.20. The summed E-state index contributed by atoms with van der Waals surface area (Å²) in [6.07, 6.45) is 3.39. The Morgan fingerprint density at radius 3 is 3.00 bits per heavy atom. The Morgan fingerprint density at radius 2 is 2.23 bits per heavy atom. The SMILES string of the molecule is COc1ccc2c(c1)C(CCCNC(=O)c1nc3n(c(=O)c1O)CCOC3(C)C)C=N2. The second-order valence-electron chi connectivity index (χ2n) is 8.16. The first kappa shape index (κ1) is 21.0. The molecule has 2 aliphatic heterocycles. The molecule has 2 aliphatic rings. The lowest BCUT2D eigenvalue weighted by Gasteiger charge is -2.32. The van der Waals surface area contributed by atoms with Gasteiger partial charge in [0.15, 0.2) is 5.69 Å². The van der Waals surface area contributed by atoms with Crippen LogP contribution in [0, 0.1) is 0 Å². The Morgan fingerprint density at radius 1 is 1.42 bits per heavy atom. The van der Waals surface area contributed by atoms with Gasteiger partial charge in [-0.25, -0.2) is 4.98 Å². The van der Waals surface area contributed by atoms with Crippen molar-refractivity contribution in [1.29, 1.82) is 0 Å². The van der Waals surface area contributed by atoms with Crippen molar-refractivity contribution >= 4 is 17.8 Å². The maximum absolute atomic E-state index is 12.6. The number of rotatable bonds is 6. The van der Waals surface area contributed by atoms with Crippen molar-refractivity contribution in [3.63, 3.8) is 0 Å². The third-order valence-corrected chi connectivity index (χ3v) is 5.68. The van der Waals surface area contributed by atoms with Gasteiger partial charge in [0, 0.05) is 18.7 Å². The molecule has 0 spiro atoms. The van der Waals surface area contributed by atoms with Crippen molar-refractivity contribution in [1.82, 2.24) is 14.9 Å². The van der Waals surface area contributed by atoms with Gasteiger partial charge in [0.25, 0.3) is 11.5 Å². The van der Waals surface area contributed by atoms with Crippen molar-refractivity contribution in [2.75, 3.05) is 20.3 Å². The number of carbonyl (C=O) groups excluding carboxylic acids is 1. The van der Waals surface area contributed by atoms with Crippen LogP contribution in [0.4, 0.5) is 5.69 Å². The van der Waals surface area contributed by atoms with Gasteiger partial charge >= 0.3 is 0 Å². The fourth-order valence-electron chi connectivity index (χ4n) is 3.99. The number of hydrogen-bond acceptors (Lipinski definition) is 7. The molecule has 2 N–H and O–H groups in total. The molecular weight excluding hydrogens is 400 g/mol. The van der Waals surface area contributed by atoms with Crippen molar-refractivity contribution in [3.05, 3.63) is 45.6 Å². The van der Waals surface area contributed by atoms with E-state index < -0.39 is 22.8 Å². The lowest BCUT2D eigenvalue weighted by atomic mass is 9.96. The van der Waals surface area contributed by atoms with Crippen molar-refractivity contribution in [2.24, 2.45) is 4.99 Å². The van der Waals surface area contributed by atoms with Crippen molar-refractivity contribution in [2.45, 2.75) is 44.8 Å². The number of benzene rings is 1. The highest BCUT2D eigenvalue weighted by Crippen LogP contribution is 2.37. The topological polar surface area (TPSA) is 115 Å². The van der Waals surface area contributed by atoms with E-state index in [0.29, 0.717) is 25.4 Å². The Labute approximate surface area is 179 Å². The number of carbonyl (C=O) groups is 1. The van der Waals surface area contributed by atoms with Crippen LogP contribution in [-0.2, 0) is 16.9 Å². The van der Waals surface area contributed by atoms with E-state index >= 15 is 0 Å². The van der Waals surface area contributed by atoms with Gasteiger partial charge in [0.05, 0.1) is 25.9 Å². The van der Waals surface area contributed by atoms with Crippen LogP contribution in [0.1, 0.15) is 54.5 Å². The van der Waals surface area contributed by atoms with Crippen LogP contribution < -0.4 is 15.6 Å². The predicted molar refractivity (Wildman–Crippen MR) is 115 cm³/mol. The van der Waals surface area contributed by atoms with Crippen LogP contribution in [-0.4, -0.2) is 47.0 Å². The van der Waals surface area contributed by atoms with Gasteiger partial charge in [-0.3, -0.25) is 19.1 Å². The van der Waals surface area contributed by atoms with Gasteiger partial charge < -0.3 is 19.9 Å². The molecule has 0 saturated heterocycles.